The number of nitrogens with one attached hydrogen (secondary N) is 1. The Morgan fingerprint density at radius 1 is 1.31 bits per heavy atom. The number of hydrogen-bond acceptors (Lipinski definition) is 2. The van der Waals surface area contributed by atoms with Crippen molar-refractivity contribution in [3.63, 3.8) is 0 Å². The van der Waals surface area contributed by atoms with E-state index in [1.807, 2.05) is 19.3 Å². The molecular weight excluding hydrogens is 196 g/mol. The molecule has 0 aliphatic heterocycles. The highest BCUT2D eigenvalue weighted by Crippen LogP contribution is 2.13. The number of unbranched alkanes of at least 4 members (excludes halogenated alkanes) is 4. The summed E-state index contributed by atoms with van der Waals surface area (Å²) in [4.78, 5) is 4.26. The predicted molar refractivity (Wildman–Crippen MR) is 71.6 cm³/mol. The molecule has 0 aliphatic rings. The highest BCUT2D eigenvalue weighted by molar-refractivity contribution is 5.62. The van der Waals surface area contributed by atoms with Crippen molar-refractivity contribution in [2.45, 2.75) is 39.0 Å². The zero-order valence-electron chi connectivity index (χ0n) is 10.4. The molecule has 1 N–H and O–H groups in total. The van der Waals surface area contributed by atoms with E-state index in [4.69, 9.17) is 0 Å². The minimum atomic E-state index is 0.951. The zero-order valence-corrected chi connectivity index (χ0v) is 10.4. The first-order valence-corrected chi connectivity index (χ1v) is 6.17. The molecule has 0 fully saturated rings. The summed E-state index contributed by atoms with van der Waals surface area (Å²) in [5, 5.41) is 3.09. The highest BCUT2D eigenvalue weighted by Gasteiger charge is 1.95. The van der Waals surface area contributed by atoms with Gasteiger partial charge in [0, 0.05) is 18.8 Å². The van der Waals surface area contributed by atoms with Crippen LogP contribution in [0.3, 0.4) is 0 Å². The second-order valence-corrected chi connectivity index (χ2v) is 3.94. The molecule has 1 aromatic rings. The molecule has 2 heteroatoms. The molecule has 0 bridgehead atoms. The molecule has 88 valence electrons. The number of aromatic nitrogens is 1. The van der Waals surface area contributed by atoms with Crippen LogP contribution < -0.4 is 5.32 Å². The first kappa shape index (κ1) is 12.8. The van der Waals surface area contributed by atoms with Gasteiger partial charge in [-0.15, -0.1) is 0 Å². The van der Waals surface area contributed by atoms with Gasteiger partial charge in [-0.3, -0.25) is 0 Å². The van der Waals surface area contributed by atoms with Crippen LogP contribution in [-0.2, 0) is 0 Å². The van der Waals surface area contributed by atoms with Crippen LogP contribution in [-0.4, -0.2) is 12.0 Å². The smallest absolute Gasteiger partial charge is 0.132 e. The maximum Gasteiger partial charge on any atom is 0.132 e. The Morgan fingerprint density at radius 2 is 2.19 bits per heavy atom. The van der Waals surface area contributed by atoms with Crippen molar-refractivity contribution in [1.82, 2.24) is 4.98 Å². The summed E-state index contributed by atoms with van der Waals surface area (Å²) in [7, 11) is 1.90. The van der Waals surface area contributed by atoms with Gasteiger partial charge in [-0.1, -0.05) is 38.3 Å². The Balaban J connectivity index is 2.37. The lowest BCUT2D eigenvalue weighted by molar-refractivity contribution is 0.675. The van der Waals surface area contributed by atoms with E-state index >= 15 is 0 Å². The van der Waals surface area contributed by atoms with Crippen molar-refractivity contribution in [2.75, 3.05) is 12.4 Å². The summed E-state index contributed by atoms with van der Waals surface area (Å²) in [6.07, 6.45) is 12.7. The number of allylic oxidation sites excluding steroid dienone is 1. The van der Waals surface area contributed by atoms with Crippen LogP contribution in [0.15, 0.2) is 24.4 Å². The van der Waals surface area contributed by atoms with Gasteiger partial charge in [0.1, 0.15) is 5.82 Å². The molecule has 0 unspecified atom stereocenters. The summed E-state index contributed by atoms with van der Waals surface area (Å²) in [5.41, 5.74) is 1.17. The van der Waals surface area contributed by atoms with Gasteiger partial charge < -0.3 is 5.32 Å². The topological polar surface area (TPSA) is 24.9 Å². The van der Waals surface area contributed by atoms with E-state index in [9.17, 15) is 0 Å². The van der Waals surface area contributed by atoms with Crippen molar-refractivity contribution >= 4 is 11.9 Å². The fraction of sp³-hybridized carbons (Fsp3) is 0.500. The van der Waals surface area contributed by atoms with Crippen LogP contribution in [0, 0.1) is 0 Å². The molecule has 1 aromatic heterocycles. The van der Waals surface area contributed by atoms with Crippen molar-refractivity contribution in [3.8, 4) is 0 Å². The van der Waals surface area contributed by atoms with Gasteiger partial charge in [-0.25, -0.2) is 4.98 Å². The summed E-state index contributed by atoms with van der Waals surface area (Å²) in [6, 6.07) is 4.05. The van der Waals surface area contributed by atoms with Gasteiger partial charge >= 0.3 is 0 Å². The van der Waals surface area contributed by atoms with Gasteiger partial charge in [0.15, 0.2) is 0 Å². The van der Waals surface area contributed by atoms with Crippen LogP contribution in [0.2, 0.25) is 0 Å². The third-order valence-electron chi connectivity index (χ3n) is 2.60. The van der Waals surface area contributed by atoms with E-state index in [0.29, 0.717) is 0 Å². The minimum absolute atomic E-state index is 0.951. The van der Waals surface area contributed by atoms with Gasteiger partial charge in [0.25, 0.3) is 0 Å². The van der Waals surface area contributed by atoms with Crippen LogP contribution in [0.4, 0.5) is 5.82 Å². The fourth-order valence-corrected chi connectivity index (χ4v) is 1.66. The average Bonchev–Trinajstić information content (AvgIpc) is 2.34. The second kappa shape index (κ2) is 7.91. The first-order chi connectivity index (χ1) is 7.88. The standard InChI is InChI=1S/C14H22N2/c1-3-4-5-6-7-8-10-13-11-9-12-16-14(13)15-2/h8-12H,3-7H2,1-2H3,(H,15,16)/b10-8-. The van der Waals surface area contributed by atoms with Gasteiger partial charge in [0.05, 0.1) is 0 Å². The van der Waals surface area contributed by atoms with Crippen molar-refractivity contribution < 1.29 is 0 Å². The molecule has 0 amide bonds. The van der Waals surface area contributed by atoms with Crippen molar-refractivity contribution in [1.29, 1.82) is 0 Å². The van der Waals surface area contributed by atoms with Gasteiger partial charge in [-0.2, -0.15) is 0 Å². The summed E-state index contributed by atoms with van der Waals surface area (Å²) >= 11 is 0. The Hall–Kier alpha value is -1.31. The third kappa shape index (κ3) is 4.47. The minimum Gasteiger partial charge on any atom is -0.373 e. The van der Waals surface area contributed by atoms with Crippen LogP contribution in [0.25, 0.3) is 6.08 Å². The maximum absolute atomic E-state index is 4.26. The van der Waals surface area contributed by atoms with E-state index in [-0.39, 0.29) is 0 Å². The van der Waals surface area contributed by atoms with E-state index in [1.54, 1.807) is 0 Å². The van der Waals surface area contributed by atoms with E-state index < -0.39 is 0 Å². The average molecular weight is 218 g/mol. The van der Waals surface area contributed by atoms with Crippen molar-refractivity contribution in [3.05, 3.63) is 30.0 Å². The van der Waals surface area contributed by atoms with Crippen molar-refractivity contribution in [2.24, 2.45) is 0 Å². The normalized spacial score (nSPS) is 10.9. The molecule has 1 heterocycles. The molecule has 0 radical (unpaired) electrons. The van der Waals surface area contributed by atoms with E-state index in [0.717, 1.165) is 12.2 Å². The molecule has 2 nitrogen and oxygen atoms in total. The summed E-state index contributed by atoms with van der Waals surface area (Å²) < 4.78 is 0. The molecule has 0 saturated carbocycles. The van der Waals surface area contributed by atoms with Crippen LogP contribution in [0.5, 0.6) is 0 Å². The zero-order chi connectivity index (χ0) is 11.6. The predicted octanol–water partition coefficient (Wildman–Crippen LogP) is 4.11. The third-order valence-corrected chi connectivity index (χ3v) is 2.60. The molecule has 0 aliphatic carbocycles. The molecule has 0 atom stereocenters. The van der Waals surface area contributed by atoms with E-state index in [1.165, 1.54) is 31.2 Å². The Kier molecular flexibility index (Phi) is 6.31. The number of nitrogens with zero attached hydrogens (tertiary/aromatic N) is 1. The largest absolute Gasteiger partial charge is 0.373 e. The lowest BCUT2D eigenvalue weighted by Gasteiger charge is -2.02. The fourth-order valence-electron chi connectivity index (χ4n) is 1.66. The van der Waals surface area contributed by atoms with Crippen LogP contribution >= 0.6 is 0 Å². The summed E-state index contributed by atoms with van der Waals surface area (Å²) in [5.74, 6) is 0.951. The lowest BCUT2D eigenvalue weighted by atomic mass is 10.1. The number of anilines is 1. The lowest BCUT2D eigenvalue weighted by Crippen LogP contribution is -1.93. The molecule has 0 spiro atoms. The monoisotopic (exact) mass is 218 g/mol. The molecule has 0 aromatic carbocycles. The maximum atomic E-state index is 4.26. The quantitative estimate of drug-likeness (QED) is 0.697. The van der Waals surface area contributed by atoms with E-state index in [2.05, 4.69) is 35.4 Å². The Morgan fingerprint density at radius 3 is 2.94 bits per heavy atom. The molecule has 1 rings (SSSR count). The van der Waals surface area contributed by atoms with Crippen LogP contribution in [0.1, 0.15) is 44.6 Å². The first-order valence-electron chi connectivity index (χ1n) is 6.17. The second-order valence-electron chi connectivity index (χ2n) is 3.94. The Bertz CT molecular complexity index is 318. The SMILES string of the molecule is CCCCCC/C=C\c1cccnc1NC. The van der Waals surface area contributed by atoms with Gasteiger partial charge in [-0.05, 0) is 25.0 Å². The molecule has 0 saturated heterocycles. The molecule has 16 heavy (non-hydrogen) atoms. The number of hydrogen-bond donors (Lipinski definition) is 1. The summed E-state index contributed by atoms with van der Waals surface area (Å²) in [6.45, 7) is 2.24. The number of rotatable bonds is 7. The molecular formula is C14H22N2. The van der Waals surface area contributed by atoms with Gasteiger partial charge in [0.2, 0.25) is 0 Å². The highest BCUT2D eigenvalue weighted by atomic mass is 14.9. The number of pyridine rings is 1. The Labute approximate surface area is 98.8 Å².